The first-order valence-corrected chi connectivity index (χ1v) is 10.6. The second kappa shape index (κ2) is 8.34. The van der Waals surface area contributed by atoms with Crippen molar-refractivity contribution in [2.45, 2.75) is 44.3 Å². The number of aromatic nitrogens is 2. The van der Waals surface area contributed by atoms with E-state index in [-0.39, 0.29) is 11.7 Å². The summed E-state index contributed by atoms with van der Waals surface area (Å²) in [5.41, 5.74) is 1.77. The molecule has 2 aliphatic carbocycles. The van der Waals surface area contributed by atoms with Gasteiger partial charge in [0.05, 0.1) is 0 Å². The second-order valence-corrected chi connectivity index (χ2v) is 8.05. The lowest BCUT2D eigenvalue weighted by atomic mass is 10.1. The first-order valence-electron chi connectivity index (χ1n) is 10.6. The molecule has 2 aliphatic rings. The average Bonchev–Trinajstić information content (AvgIpc) is 3.70. The van der Waals surface area contributed by atoms with E-state index < -0.39 is 0 Å². The summed E-state index contributed by atoms with van der Waals surface area (Å²) in [5.74, 6) is 1.20. The Hall–Kier alpha value is -3.48. The van der Waals surface area contributed by atoms with Crippen LogP contribution in [0.3, 0.4) is 0 Å². The zero-order valence-corrected chi connectivity index (χ0v) is 17.0. The Bertz CT molecular complexity index is 1060. The van der Waals surface area contributed by atoms with E-state index in [4.69, 9.17) is 4.74 Å². The van der Waals surface area contributed by atoms with Gasteiger partial charge in [0.15, 0.2) is 0 Å². The molecule has 1 N–H and O–H groups in total. The van der Waals surface area contributed by atoms with E-state index in [2.05, 4.69) is 20.2 Å². The highest BCUT2D eigenvalue weighted by Gasteiger charge is 2.31. The molecule has 5 rings (SSSR count). The second-order valence-electron chi connectivity index (χ2n) is 8.05. The maximum atomic E-state index is 13.1. The fourth-order valence-electron chi connectivity index (χ4n) is 3.35. The Balaban J connectivity index is 1.29. The molecule has 31 heavy (non-hydrogen) atoms. The molecular weight excluding hydrogens is 395 g/mol. The standard InChI is InChI=1S/C24H23FN4O2/c25-18-5-11-21(12-6-18)31-22-13-14-26-24(28-22)29(20-9-10-20)15-16-1-3-17(4-2-16)23(30)27-19-7-8-19/h1-6,11-14,19-20H,7-10,15H2,(H,27,30). The first kappa shape index (κ1) is 19.5. The van der Waals surface area contributed by atoms with Crippen molar-refractivity contribution in [1.29, 1.82) is 0 Å². The lowest BCUT2D eigenvalue weighted by molar-refractivity contribution is 0.0951. The zero-order valence-electron chi connectivity index (χ0n) is 17.0. The van der Waals surface area contributed by atoms with E-state index >= 15 is 0 Å². The number of hydrogen-bond donors (Lipinski definition) is 1. The van der Waals surface area contributed by atoms with Crippen LogP contribution in [0.5, 0.6) is 11.6 Å². The lowest BCUT2D eigenvalue weighted by Crippen LogP contribution is -2.27. The van der Waals surface area contributed by atoms with Crippen LogP contribution in [-0.4, -0.2) is 28.0 Å². The van der Waals surface area contributed by atoms with E-state index in [0.717, 1.165) is 31.2 Å². The summed E-state index contributed by atoms with van der Waals surface area (Å²) < 4.78 is 18.9. The highest BCUT2D eigenvalue weighted by atomic mass is 19.1. The van der Waals surface area contributed by atoms with Gasteiger partial charge in [-0.15, -0.1) is 0 Å². The van der Waals surface area contributed by atoms with Crippen molar-refractivity contribution in [3.05, 3.63) is 77.7 Å². The van der Waals surface area contributed by atoms with Crippen LogP contribution in [0.15, 0.2) is 60.8 Å². The molecule has 0 saturated heterocycles. The van der Waals surface area contributed by atoms with E-state index in [1.54, 1.807) is 24.4 Å². The highest BCUT2D eigenvalue weighted by Crippen LogP contribution is 2.32. The SMILES string of the molecule is O=C(NC1CC1)c1ccc(CN(c2nccc(Oc3ccc(F)cc3)n2)C2CC2)cc1. The summed E-state index contributed by atoms with van der Waals surface area (Å²) in [4.78, 5) is 23.4. The number of hydrogen-bond acceptors (Lipinski definition) is 5. The van der Waals surface area contributed by atoms with Crippen LogP contribution in [0.1, 0.15) is 41.6 Å². The third-order valence-electron chi connectivity index (χ3n) is 5.38. The number of carbonyl (C=O) groups excluding carboxylic acids is 1. The summed E-state index contributed by atoms with van der Waals surface area (Å²) in [6.45, 7) is 0.648. The zero-order chi connectivity index (χ0) is 21.2. The topological polar surface area (TPSA) is 67.4 Å². The minimum atomic E-state index is -0.313. The van der Waals surface area contributed by atoms with Gasteiger partial charge in [-0.3, -0.25) is 4.79 Å². The minimum Gasteiger partial charge on any atom is -0.439 e. The molecule has 2 fully saturated rings. The van der Waals surface area contributed by atoms with Crippen LogP contribution >= 0.6 is 0 Å². The number of rotatable bonds is 8. The van der Waals surface area contributed by atoms with Crippen LogP contribution in [0, 0.1) is 5.82 Å². The summed E-state index contributed by atoms with van der Waals surface area (Å²) in [6, 6.07) is 16.0. The fraction of sp³-hybridized carbons (Fsp3) is 0.292. The molecule has 0 unspecified atom stereocenters. The van der Waals surface area contributed by atoms with Crippen molar-refractivity contribution < 1.29 is 13.9 Å². The first-order chi connectivity index (χ1) is 15.1. The van der Waals surface area contributed by atoms with Gasteiger partial charge in [0.25, 0.3) is 5.91 Å². The molecule has 7 heteroatoms. The molecule has 0 spiro atoms. The quantitative estimate of drug-likeness (QED) is 0.585. The van der Waals surface area contributed by atoms with Crippen molar-refractivity contribution >= 4 is 11.9 Å². The number of ether oxygens (including phenoxy) is 1. The predicted molar refractivity (Wildman–Crippen MR) is 115 cm³/mol. The molecule has 6 nitrogen and oxygen atoms in total. The van der Waals surface area contributed by atoms with E-state index in [1.807, 2.05) is 24.3 Å². The van der Waals surface area contributed by atoms with Gasteiger partial charge < -0.3 is 15.0 Å². The van der Waals surface area contributed by atoms with Crippen molar-refractivity contribution in [3.8, 4) is 11.6 Å². The van der Waals surface area contributed by atoms with Gasteiger partial charge in [-0.05, 0) is 67.6 Å². The van der Waals surface area contributed by atoms with Gasteiger partial charge >= 0.3 is 0 Å². The Morgan fingerprint density at radius 1 is 1.03 bits per heavy atom. The summed E-state index contributed by atoms with van der Waals surface area (Å²) >= 11 is 0. The Labute approximate surface area is 180 Å². The molecule has 0 radical (unpaired) electrons. The molecule has 0 bridgehead atoms. The monoisotopic (exact) mass is 418 g/mol. The molecule has 0 aliphatic heterocycles. The number of halogens is 1. The predicted octanol–water partition coefficient (Wildman–Crippen LogP) is 4.47. The maximum Gasteiger partial charge on any atom is 0.251 e. The summed E-state index contributed by atoms with van der Waals surface area (Å²) in [6.07, 6.45) is 6.00. The van der Waals surface area contributed by atoms with Crippen molar-refractivity contribution in [3.63, 3.8) is 0 Å². The van der Waals surface area contributed by atoms with E-state index in [0.29, 0.717) is 41.8 Å². The fourth-order valence-corrected chi connectivity index (χ4v) is 3.35. The molecule has 2 saturated carbocycles. The number of anilines is 1. The van der Waals surface area contributed by atoms with E-state index in [9.17, 15) is 9.18 Å². The third kappa shape index (κ3) is 4.99. The lowest BCUT2D eigenvalue weighted by Gasteiger charge is -2.23. The molecule has 2 aromatic carbocycles. The van der Waals surface area contributed by atoms with Crippen molar-refractivity contribution in [2.24, 2.45) is 0 Å². The molecule has 158 valence electrons. The molecular formula is C24H23FN4O2. The number of benzene rings is 2. The molecule has 1 heterocycles. The van der Waals surface area contributed by atoms with Crippen LogP contribution in [0.25, 0.3) is 0 Å². The maximum absolute atomic E-state index is 13.1. The molecule has 1 amide bonds. The smallest absolute Gasteiger partial charge is 0.251 e. The number of amides is 1. The summed E-state index contributed by atoms with van der Waals surface area (Å²) in [5, 5.41) is 3.01. The van der Waals surface area contributed by atoms with Gasteiger partial charge in [-0.1, -0.05) is 12.1 Å². The van der Waals surface area contributed by atoms with Gasteiger partial charge in [0.1, 0.15) is 11.6 Å². The van der Waals surface area contributed by atoms with Gasteiger partial charge in [-0.2, -0.15) is 4.98 Å². The Morgan fingerprint density at radius 3 is 2.45 bits per heavy atom. The Morgan fingerprint density at radius 2 is 1.77 bits per heavy atom. The van der Waals surface area contributed by atoms with Crippen molar-refractivity contribution in [1.82, 2.24) is 15.3 Å². The van der Waals surface area contributed by atoms with Crippen LogP contribution in [0.2, 0.25) is 0 Å². The third-order valence-corrected chi connectivity index (χ3v) is 5.38. The van der Waals surface area contributed by atoms with Gasteiger partial charge in [0.2, 0.25) is 11.8 Å². The molecule has 1 aromatic heterocycles. The molecule has 3 aromatic rings. The van der Waals surface area contributed by atoms with Crippen LogP contribution in [0.4, 0.5) is 10.3 Å². The number of carbonyl (C=O) groups is 1. The average molecular weight is 418 g/mol. The summed E-state index contributed by atoms with van der Waals surface area (Å²) in [7, 11) is 0. The molecule has 0 atom stereocenters. The van der Waals surface area contributed by atoms with Crippen molar-refractivity contribution in [2.75, 3.05) is 4.90 Å². The number of nitrogens with one attached hydrogen (secondary N) is 1. The van der Waals surface area contributed by atoms with Gasteiger partial charge in [-0.25, -0.2) is 9.37 Å². The van der Waals surface area contributed by atoms with Gasteiger partial charge in [0, 0.05) is 36.5 Å². The Kier molecular flexibility index (Phi) is 5.24. The normalized spacial score (nSPS) is 15.4. The highest BCUT2D eigenvalue weighted by molar-refractivity contribution is 5.94. The minimum absolute atomic E-state index is 0.0120. The number of nitrogens with zero attached hydrogens (tertiary/aromatic N) is 3. The van der Waals surface area contributed by atoms with Crippen LogP contribution in [-0.2, 0) is 6.54 Å². The van der Waals surface area contributed by atoms with Crippen LogP contribution < -0.4 is 15.0 Å². The van der Waals surface area contributed by atoms with E-state index in [1.165, 1.54) is 12.1 Å². The largest absolute Gasteiger partial charge is 0.439 e.